The third kappa shape index (κ3) is 6.20. The number of carbonyl (C=O) groups excluding carboxylic acids is 2. The van der Waals surface area contributed by atoms with Crippen LogP contribution in [0.5, 0.6) is 0 Å². The highest BCUT2D eigenvalue weighted by molar-refractivity contribution is 8.26. The molecule has 0 spiro atoms. The lowest BCUT2D eigenvalue weighted by atomic mass is 10.2. The lowest BCUT2D eigenvalue weighted by Crippen LogP contribution is -2.29. The predicted octanol–water partition coefficient (Wildman–Crippen LogP) is 3.09. The fraction of sp³-hybridized carbons (Fsp3) is 0.150. The Balaban J connectivity index is 1.51. The molecule has 0 aromatic heterocycles. The number of rotatable bonds is 7. The van der Waals surface area contributed by atoms with E-state index in [1.807, 2.05) is 0 Å². The molecule has 0 unspecified atom stereocenters. The average molecular weight is 480 g/mol. The summed E-state index contributed by atoms with van der Waals surface area (Å²) in [6.45, 7) is 0.281. The van der Waals surface area contributed by atoms with Gasteiger partial charge in [-0.3, -0.25) is 14.5 Å². The van der Waals surface area contributed by atoms with Crippen molar-refractivity contribution in [1.82, 2.24) is 4.90 Å². The van der Waals surface area contributed by atoms with Crippen molar-refractivity contribution >= 4 is 61.9 Å². The Morgan fingerprint density at radius 3 is 2.42 bits per heavy atom. The molecule has 162 valence electrons. The maximum absolute atomic E-state index is 13.0. The second kappa shape index (κ2) is 9.69. The molecule has 1 aliphatic heterocycles. The van der Waals surface area contributed by atoms with Crippen LogP contribution in [0.15, 0.2) is 58.3 Å². The number of amides is 2. The Hall–Kier alpha value is -2.60. The van der Waals surface area contributed by atoms with Gasteiger partial charge >= 0.3 is 0 Å². The normalized spacial score (nSPS) is 15.5. The van der Waals surface area contributed by atoms with E-state index in [1.165, 1.54) is 41.3 Å². The van der Waals surface area contributed by atoms with Crippen LogP contribution < -0.4 is 10.5 Å². The number of nitrogens with two attached hydrogens (primary N) is 1. The second-order valence-corrected chi connectivity index (χ2v) is 9.84. The van der Waals surface area contributed by atoms with E-state index in [1.54, 1.807) is 18.2 Å². The highest BCUT2D eigenvalue weighted by Crippen LogP contribution is 2.32. The quantitative estimate of drug-likeness (QED) is 0.467. The number of carbonyl (C=O) groups is 2. The Kier molecular flexibility index (Phi) is 7.21. The molecule has 11 heteroatoms. The van der Waals surface area contributed by atoms with Crippen molar-refractivity contribution in [2.75, 3.05) is 11.9 Å². The number of primary sulfonamides is 1. The molecule has 2 aromatic rings. The van der Waals surface area contributed by atoms with Crippen LogP contribution in [-0.4, -0.2) is 36.0 Å². The third-order valence-corrected chi connectivity index (χ3v) is 6.60. The first-order valence-electron chi connectivity index (χ1n) is 9.07. The van der Waals surface area contributed by atoms with E-state index in [-0.39, 0.29) is 35.5 Å². The third-order valence-electron chi connectivity index (χ3n) is 4.29. The maximum atomic E-state index is 13.0. The minimum atomic E-state index is -3.79. The summed E-state index contributed by atoms with van der Waals surface area (Å²) in [4.78, 5) is 26.5. The predicted molar refractivity (Wildman–Crippen MR) is 122 cm³/mol. The van der Waals surface area contributed by atoms with E-state index in [0.717, 1.165) is 11.8 Å². The molecule has 31 heavy (non-hydrogen) atoms. The van der Waals surface area contributed by atoms with E-state index in [2.05, 4.69) is 5.32 Å². The van der Waals surface area contributed by atoms with Gasteiger partial charge in [0.2, 0.25) is 15.9 Å². The molecule has 0 bridgehead atoms. The van der Waals surface area contributed by atoms with Crippen molar-refractivity contribution in [3.63, 3.8) is 0 Å². The van der Waals surface area contributed by atoms with Gasteiger partial charge in [-0.25, -0.2) is 17.9 Å². The number of halogens is 1. The zero-order valence-corrected chi connectivity index (χ0v) is 18.5. The van der Waals surface area contributed by atoms with Crippen LogP contribution >= 0.6 is 24.0 Å². The molecule has 1 fully saturated rings. The standard InChI is InChI=1S/C20H18FN3O4S3/c21-14-5-3-13(4-6-14)12-17-19(26)24(20(29)30-17)11-1-2-18(25)23-15-7-9-16(10-8-15)31(22,27)28/h3-10,12H,1-2,11H2,(H,23,25)(H2,22,27,28)/b17-12-. The van der Waals surface area contributed by atoms with Crippen LogP contribution in [0.4, 0.5) is 10.1 Å². The van der Waals surface area contributed by atoms with E-state index in [9.17, 15) is 22.4 Å². The molecule has 2 aromatic carbocycles. The molecule has 1 saturated heterocycles. The van der Waals surface area contributed by atoms with Gasteiger partial charge < -0.3 is 5.32 Å². The van der Waals surface area contributed by atoms with Gasteiger partial charge in [-0.2, -0.15) is 0 Å². The van der Waals surface area contributed by atoms with E-state index in [0.29, 0.717) is 26.9 Å². The molecule has 0 radical (unpaired) electrons. The Morgan fingerprint density at radius 2 is 1.81 bits per heavy atom. The van der Waals surface area contributed by atoms with Crippen LogP contribution in [0.25, 0.3) is 6.08 Å². The van der Waals surface area contributed by atoms with Crippen molar-refractivity contribution in [3.8, 4) is 0 Å². The van der Waals surface area contributed by atoms with Crippen molar-refractivity contribution in [1.29, 1.82) is 0 Å². The first kappa shape index (κ1) is 23.1. The Bertz CT molecular complexity index is 1150. The molecular weight excluding hydrogens is 461 g/mol. The summed E-state index contributed by atoms with van der Waals surface area (Å²) in [6.07, 6.45) is 2.18. The lowest BCUT2D eigenvalue weighted by Gasteiger charge is -2.14. The summed E-state index contributed by atoms with van der Waals surface area (Å²) in [5.74, 6) is -0.891. The average Bonchev–Trinajstić information content (AvgIpc) is 2.97. The summed E-state index contributed by atoms with van der Waals surface area (Å²) in [5, 5.41) is 7.69. The minimum absolute atomic E-state index is 0.0476. The minimum Gasteiger partial charge on any atom is -0.326 e. The van der Waals surface area contributed by atoms with Gasteiger partial charge in [0.15, 0.2) is 0 Å². The van der Waals surface area contributed by atoms with Crippen LogP contribution in [0.1, 0.15) is 18.4 Å². The molecule has 3 N–H and O–H groups in total. The molecule has 0 saturated carbocycles. The largest absolute Gasteiger partial charge is 0.326 e. The van der Waals surface area contributed by atoms with Crippen molar-refractivity contribution in [2.24, 2.45) is 5.14 Å². The summed E-state index contributed by atoms with van der Waals surface area (Å²) in [6, 6.07) is 11.3. The number of nitrogens with one attached hydrogen (secondary N) is 1. The van der Waals surface area contributed by atoms with Crippen LogP contribution in [-0.2, 0) is 19.6 Å². The number of hydrogen-bond donors (Lipinski definition) is 2. The van der Waals surface area contributed by atoms with E-state index in [4.69, 9.17) is 17.4 Å². The lowest BCUT2D eigenvalue weighted by molar-refractivity contribution is -0.122. The van der Waals surface area contributed by atoms with Gasteiger partial charge in [0.25, 0.3) is 5.91 Å². The number of sulfonamides is 1. The summed E-state index contributed by atoms with van der Waals surface area (Å²) < 4.78 is 35.9. The molecule has 7 nitrogen and oxygen atoms in total. The van der Waals surface area contributed by atoms with Gasteiger partial charge in [0.05, 0.1) is 9.80 Å². The van der Waals surface area contributed by atoms with Gasteiger partial charge in [0, 0.05) is 18.7 Å². The van der Waals surface area contributed by atoms with Crippen LogP contribution in [0, 0.1) is 5.82 Å². The van der Waals surface area contributed by atoms with Gasteiger partial charge in [-0.05, 0) is 54.5 Å². The Morgan fingerprint density at radius 1 is 1.16 bits per heavy atom. The second-order valence-electron chi connectivity index (χ2n) is 6.61. The topological polar surface area (TPSA) is 110 Å². The SMILES string of the molecule is NS(=O)(=O)c1ccc(NC(=O)CCCN2C(=O)/C(=C/c3ccc(F)cc3)SC2=S)cc1. The van der Waals surface area contributed by atoms with Gasteiger partial charge in [0.1, 0.15) is 10.1 Å². The smallest absolute Gasteiger partial charge is 0.266 e. The van der Waals surface area contributed by atoms with E-state index >= 15 is 0 Å². The maximum Gasteiger partial charge on any atom is 0.266 e. The van der Waals surface area contributed by atoms with Crippen molar-refractivity contribution in [3.05, 3.63) is 64.8 Å². The van der Waals surface area contributed by atoms with Crippen LogP contribution in [0.2, 0.25) is 0 Å². The first-order valence-corrected chi connectivity index (χ1v) is 11.8. The molecular formula is C20H18FN3O4S3. The van der Waals surface area contributed by atoms with Crippen molar-refractivity contribution < 1.29 is 22.4 Å². The molecule has 0 atom stereocenters. The summed E-state index contributed by atoms with van der Waals surface area (Å²) in [7, 11) is -3.79. The number of thioether (sulfide) groups is 1. The Labute approximate surface area is 188 Å². The zero-order valence-electron chi connectivity index (χ0n) is 16.1. The highest BCUT2D eigenvalue weighted by Gasteiger charge is 2.31. The highest BCUT2D eigenvalue weighted by atomic mass is 32.2. The molecule has 2 amide bonds. The molecule has 0 aliphatic carbocycles. The van der Waals surface area contributed by atoms with Crippen LogP contribution in [0.3, 0.4) is 0 Å². The monoisotopic (exact) mass is 479 g/mol. The molecule has 1 heterocycles. The molecule has 1 aliphatic rings. The fourth-order valence-corrected chi connectivity index (χ4v) is 4.58. The van der Waals surface area contributed by atoms with E-state index < -0.39 is 10.0 Å². The fourth-order valence-electron chi connectivity index (χ4n) is 2.75. The number of hydrogen-bond acceptors (Lipinski definition) is 6. The number of nitrogens with zero attached hydrogens (tertiary/aromatic N) is 1. The number of anilines is 1. The summed E-state index contributed by atoms with van der Waals surface area (Å²) >= 11 is 6.43. The van der Waals surface area contributed by atoms with Gasteiger partial charge in [-0.1, -0.05) is 36.1 Å². The number of thiocarbonyl (C=S) groups is 1. The first-order chi connectivity index (χ1) is 14.6. The number of benzene rings is 2. The van der Waals surface area contributed by atoms with Gasteiger partial charge in [-0.15, -0.1) is 0 Å². The zero-order chi connectivity index (χ0) is 22.6. The molecule has 3 rings (SSSR count). The summed E-state index contributed by atoms with van der Waals surface area (Å²) in [5.41, 5.74) is 1.12. The van der Waals surface area contributed by atoms with Crippen molar-refractivity contribution in [2.45, 2.75) is 17.7 Å².